The first-order valence-corrected chi connectivity index (χ1v) is 12.0. The summed E-state index contributed by atoms with van der Waals surface area (Å²) in [7, 11) is 1.54. The highest BCUT2D eigenvalue weighted by Gasteiger charge is 2.39. The van der Waals surface area contributed by atoms with E-state index in [0.29, 0.717) is 11.7 Å². The van der Waals surface area contributed by atoms with Gasteiger partial charge in [0.05, 0.1) is 7.11 Å². The Bertz CT molecular complexity index is 633. The molecule has 3 aliphatic rings. The van der Waals surface area contributed by atoms with Gasteiger partial charge >= 0.3 is 0 Å². The summed E-state index contributed by atoms with van der Waals surface area (Å²) in [4.78, 5) is 0. The van der Waals surface area contributed by atoms with Crippen LogP contribution in [0, 0.1) is 35.4 Å². The summed E-state index contributed by atoms with van der Waals surface area (Å²) in [5.74, 6) is 5.56. The Labute approximate surface area is 171 Å². The lowest BCUT2D eigenvalue weighted by molar-refractivity contribution is 0.0711. The minimum absolute atomic E-state index is 0.204. The van der Waals surface area contributed by atoms with Crippen LogP contribution in [0.3, 0.4) is 0 Å². The molecule has 2 heteroatoms. The summed E-state index contributed by atoms with van der Waals surface area (Å²) in [5, 5.41) is 0. The van der Waals surface area contributed by atoms with E-state index in [2.05, 4.69) is 13.0 Å². The second kappa shape index (κ2) is 9.18. The standard InChI is InChI=1S/C26H39FO/c1-3-4-18-5-7-19(8-6-18)20-9-10-22-16-23(12-11-21(22)15-20)24-13-14-26(28-2)25(27)17-24/h13-14,17-23H,3-12,15-16H2,1-2H3/t18?,19?,20-,21-,22-,23-/m1/s1. The Morgan fingerprint density at radius 3 is 2.18 bits per heavy atom. The molecule has 3 fully saturated rings. The van der Waals surface area contributed by atoms with Crippen molar-refractivity contribution in [3.05, 3.63) is 29.6 Å². The predicted molar refractivity (Wildman–Crippen MR) is 114 cm³/mol. The van der Waals surface area contributed by atoms with Crippen molar-refractivity contribution in [1.82, 2.24) is 0 Å². The summed E-state index contributed by atoms with van der Waals surface area (Å²) < 4.78 is 19.2. The number of rotatable bonds is 5. The summed E-state index contributed by atoms with van der Waals surface area (Å²) in [5.41, 5.74) is 1.19. The van der Waals surface area contributed by atoms with Gasteiger partial charge in [0.25, 0.3) is 0 Å². The number of halogens is 1. The molecule has 4 rings (SSSR count). The first kappa shape index (κ1) is 20.2. The predicted octanol–water partition coefficient (Wildman–Crippen LogP) is 7.74. The van der Waals surface area contributed by atoms with E-state index in [1.807, 2.05) is 6.07 Å². The van der Waals surface area contributed by atoms with Gasteiger partial charge in [-0.15, -0.1) is 0 Å². The molecule has 28 heavy (non-hydrogen) atoms. The van der Waals surface area contributed by atoms with Gasteiger partial charge in [-0.05, 0) is 105 Å². The third kappa shape index (κ3) is 4.41. The summed E-state index contributed by atoms with van der Waals surface area (Å²) in [6.07, 6.45) is 17.0. The highest BCUT2D eigenvalue weighted by molar-refractivity contribution is 5.31. The van der Waals surface area contributed by atoms with Gasteiger partial charge < -0.3 is 4.74 Å². The third-order valence-corrected chi connectivity index (χ3v) is 8.56. The molecule has 0 spiro atoms. The number of hydrogen-bond donors (Lipinski definition) is 0. The Hall–Kier alpha value is -1.05. The van der Waals surface area contributed by atoms with E-state index >= 15 is 0 Å². The lowest BCUT2D eigenvalue weighted by Crippen LogP contribution is -2.34. The van der Waals surface area contributed by atoms with Gasteiger partial charge in [-0.1, -0.05) is 38.7 Å². The van der Waals surface area contributed by atoms with E-state index < -0.39 is 0 Å². The van der Waals surface area contributed by atoms with Crippen molar-refractivity contribution in [3.63, 3.8) is 0 Å². The van der Waals surface area contributed by atoms with Crippen molar-refractivity contribution in [3.8, 4) is 5.75 Å². The maximum absolute atomic E-state index is 14.1. The average molecular weight is 387 g/mol. The molecule has 0 aliphatic heterocycles. The first-order valence-electron chi connectivity index (χ1n) is 12.0. The highest BCUT2D eigenvalue weighted by Crippen LogP contribution is 2.51. The second-order valence-corrected chi connectivity index (χ2v) is 10.1. The van der Waals surface area contributed by atoms with E-state index in [1.54, 1.807) is 6.07 Å². The SMILES string of the molecule is CCCC1CCC([C@@H]2CC[C@@H]3C[C@H](c4ccc(OC)c(F)c4)CC[C@@H]3C2)CC1. The Morgan fingerprint density at radius 1 is 0.857 bits per heavy atom. The average Bonchev–Trinajstić information content (AvgIpc) is 2.74. The highest BCUT2D eigenvalue weighted by atomic mass is 19.1. The molecule has 3 aliphatic carbocycles. The van der Waals surface area contributed by atoms with Crippen LogP contribution in [-0.2, 0) is 0 Å². The summed E-state index contributed by atoms with van der Waals surface area (Å²) in [6.45, 7) is 2.34. The molecule has 0 N–H and O–H groups in total. The molecule has 0 aromatic heterocycles. The lowest BCUT2D eigenvalue weighted by atomic mass is 9.60. The zero-order chi connectivity index (χ0) is 19.5. The van der Waals surface area contributed by atoms with Gasteiger partial charge in [-0.3, -0.25) is 0 Å². The second-order valence-electron chi connectivity index (χ2n) is 10.1. The van der Waals surface area contributed by atoms with Crippen LogP contribution >= 0.6 is 0 Å². The smallest absolute Gasteiger partial charge is 0.165 e. The minimum Gasteiger partial charge on any atom is -0.494 e. The van der Waals surface area contributed by atoms with Crippen molar-refractivity contribution >= 4 is 0 Å². The Balaban J connectivity index is 1.31. The number of benzene rings is 1. The van der Waals surface area contributed by atoms with E-state index in [0.717, 1.165) is 29.6 Å². The van der Waals surface area contributed by atoms with Crippen LogP contribution < -0.4 is 4.74 Å². The molecule has 1 aromatic rings. The van der Waals surface area contributed by atoms with Crippen molar-refractivity contribution in [2.75, 3.05) is 7.11 Å². The molecule has 0 radical (unpaired) electrons. The molecular weight excluding hydrogens is 347 g/mol. The molecule has 1 aromatic carbocycles. The van der Waals surface area contributed by atoms with E-state index in [1.165, 1.54) is 89.7 Å². The molecule has 0 amide bonds. The largest absolute Gasteiger partial charge is 0.494 e. The van der Waals surface area contributed by atoms with Crippen molar-refractivity contribution in [2.24, 2.45) is 29.6 Å². The third-order valence-electron chi connectivity index (χ3n) is 8.56. The van der Waals surface area contributed by atoms with Crippen LogP contribution in [0.2, 0.25) is 0 Å². The maximum Gasteiger partial charge on any atom is 0.165 e. The zero-order valence-electron chi connectivity index (χ0n) is 18.0. The van der Waals surface area contributed by atoms with Crippen LogP contribution in [0.5, 0.6) is 5.75 Å². The fourth-order valence-electron chi connectivity index (χ4n) is 6.95. The topological polar surface area (TPSA) is 9.23 Å². The number of fused-ring (bicyclic) bond motifs is 1. The van der Waals surface area contributed by atoms with E-state index in [-0.39, 0.29) is 5.82 Å². The van der Waals surface area contributed by atoms with E-state index in [9.17, 15) is 4.39 Å². The fraction of sp³-hybridized carbons (Fsp3) is 0.769. The van der Waals surface area contributed by atoms with Gasteiger partial charge in [-0.25, -0.2) is 4.39 Å². The minimum atomic E-state index is -0.204. The van der Waals surface area contributed by atoms with Gasteiger partial charge in [-0.2, -0.15) is 0 Å². The molecule has 0 heterocycles. The molecule has 1 nitrogen and oxygen atoms in total. The van der Waals surface area contributed by atoms with Crippen molar-refractivity contribution in [2.45, 2.75) is 89.9 Å². The van der Waals surface area contributed by atoms with Crippen LogP contribution in [-0.4, -0.2) is 7.11 Å². The number of methoxy groups -OCH3 is 1. The van der Waals surface area contributed by atoms with Crippen molar-refractivity contribution < 1.29 is 9.13 Å². The normalized spacial score (nSPS) is 36.0. The van der Waals surface area contributed by atoms with Gasteiger partial charge in [0.1, 0.15) is 0 Å². The molecule has 156 valence electrons. The lowest BCUT2D eigenvalue weighted by Gasteiger charge is -2.45. The Kier molecular flexibility index (Phi) is 6.63. The number of hydrogen-bond acceptors (Lipinski definition) is 1. The molecule has 3 saturated carbocycles. The van der Waals surface area contributed by atoms with Crippen molar-refractivity contribution in [1.29, 1.82) is 0 Å². The summed E-state index contributed by atoms with van der Waals surface area (Å²) in [6, 6.07) is 5.63. The monoisotopic (exact) mass is 386 g/mol. The van der Waals surface area contributed by atoms with Crippen LogP contribution in [0.4, 0.5) is 4.39 Å². The van der Waals surface area contributed by atoms with Gasteiger partial charge in [0.2, 0.25) is 0 Å². The first-order chi connectivity index (χ1) is 13.7. The molecule has 0 bridgehead atoms. The molecule has 0 saturated heterocycles. The quantitative estimate of drug-likeness (QED) is 0.503. The molecule has 0 unspecified atom stereocenters. The van der Waals surface area contributed by atoms with Crippen LogP contribution in [0.25, 0.3) is 0 Å². The Morgan fingerprint density at radius 2 is 1.50 bits per heavy atom. The number of ether oxygens (including phenoxy) is 1. The van der Waals surface area contributed by atoms with E-state index in [4.69, 9.17) is 4.74 Å². The fourth-order valence-corrected chi connectivity index (χ4v) is 6.95. The van der Waals surface area contributed by atoms with Gasteiger partial charge in [0, 0.05) is 0 Å². The molecular formula is C26H39FO. The van der Waals surface area contributed by atoms with Gasteiger partial charge in [0.15, 0.2) is 11.6 Å². The maximum atomic E-state index is 14.1. The molecule has 4 atom stereocenters. The summed E-state index contributed by atoms with van der Waals surface area (Å²) >= 11 is 0. The van der Waals surface area contributed by atoms with Crippen LogP contribution in [0.15, 0.2) is 18.2 Å². The zero-order valence-corrected chi connectivity index (χ0v) is 18.0. The van der Waals surface area contributed by atoms with Crippen LogP contribution in [0.1, 0.15) is 95.5 Å².